The fraction of sp³-hybridized carbons (Fsp3) is 0.217. The van der Waals surface area contributed by atoms with Gasteiger partial charge in [0.05, 0.1) is 23.0 Å². The van der Waals surface area contributed by atoms with Crippen molar-refractivity contribution in [1.82, 2.24) is 14.5 Å². The zero-order valence-corrected chi connectivity index (χ0v) is 17.5. The summed E-state index contributed by atoms with van der Waals surface area (Å²) in [6.07, 6.45) is 3.95. The van der Waals surface area contributed by atoms with E-state index >= 15 is 0 Å². The number of nitrogens with zero attached hydrogens (tertiary/aromatic N) is 4. The zero-order chi connectivity index (χ0) is 20.5. The summed E-state index contributed by atoms with van der Waals surface area (Å²) in [5.41, 5.74) is 2.72. The average Bonchev–Trinajstić information content (AvgIpc) is 3.48. The lowest BCUT2D eigenvalue weighted by atomic mass is 10.1. The van der Waals surface area contributed by atoms with Crippen molar-refractivity contribution in [2.75, 3.05) is 38.2 Å². The first kappa shape index (κ1) is 18.7. The lowest BCUT2D eigenvalue weighted by Gasteiger charge is -2.36. The van der Waals surface area contributed by atoms with Gasteiger partial charge in [0.2, 0.25) is 0 Å². The van der Waals surface area contributed by atoms with Crippen LogP contribution in [0.25, 0.3) is 15.3 Å². The minimum Gasteiger partial charge on any atom is -0.495 e. The number of fused-ring (bicyclic) bond motifs is 1. The Morgan fingerprint density at radius 3 is 2.53 bits per heavy atom. The van der Waals surface area contributed by atoms with E-state index in [0.717, 1.165) is 45.4 Å². The van der Waals surface area contributed by atoms with Crippen molar-refractivity contribution in [2.24, 2.45) is 0 Å². The van der Waals surface area contributed by atoms with Crippen molar-refractivity contribution in [3.63, 3.8) is 0 Å². The maximum absolute atomic E-state index is 13.1. The minimum atomic E-state index is 0.0764. The summed E-state index contributed by atoms with van der Waals surface area (Å²) >= 11 is 1.59. The number of amides is 1. The van der Waals surface area contributed by atoms with Crippen molar-refractivity contribution in [3.05, 3.63) is 72.6 Å². The highest BCUT2D eigenvalue weighted by Crippen LogP contribution is 2.29. The molecule has 0 aliphatic carbocycles. The molecule has 1 fully saturated rings. The quantitative estimate of drug-likeness (QED) is 0.502. The van der Waals surface area contributed by atoms with Crippen LogP contribution in [0.1, 0.15) is 10.4 Å². The fourth-order valence-electron chi connectivity index (χ4n) is 3.84. The molecule has 0 radical (unpaired) electrons. The Morgan fingerprint density at radius 1 is 1.00 bits per heavy atom. The Bertz CT molecular complexity index is 1180. The number of hydrogen-bond donors (Lipinski definition) is 0. The standard InChI is InChI=1S/C23H22N4O2S/c1-29-20-7-3-2-6-19(20)25-12-14-26(15-13-25)22(28)17-8-9-18-21(16-17)30-23(24-18)27-10-4-5-11-27/h2-11,16H,12-15H2,1H3. The molecule has 3 heterocycles. The van der Waals surface area contributed by atoms with E-state index in [1.54, 1.807) is 18.4 Å². The summed E-state index contributed by atoms with van der Waals surface area (Å²) in [6.45, 7) is 2.94. The molecule has 5 rings (SSSR count). The number of carbonyl (C=O) groups excluding carboxylic acids is 1. The summed E-state index contributed by atoms with van der Waals surface area (Å²) in [6, 6.07) is 17.8. The summed E-state index contributed by atoms with van der Waals surface area (Å²) in [7, 11) is 1.69. The number of benzene rings is 2. The molecular formula is C23H22N4O2S. The highest BCUT2D eigenvalue weighted by atomic mass is 32.1. The number of aromatic nitrogens is 2. The second-order valence-electron chi connectivity index (χ2n) is 7.22. The highest BCUT2D eigenvalue weighted by Gasteiger charge is 2.24. The molecule has 1 amide bonds. The third-order valence-corrected chi connectivity index (χ3v) is 6.47. The van der Waals surface area contributed by atoms with E-state index in [1.807, 2.05) is 70.4 Å². The van der Waals surface area contributed by atoms with Gasteiger partial charge in [-0.05, 0) is 42.5 Å². The van der Waals surface area contributed by atoms with Crippen LogP contribution < -0.4 is 9.64 Å². The highest BCUT2D eigenvalue weighted by molar-refractivity contribution is 7.20. The monoisotopic (exact) mass is 418 g/mol. The number of piperazine rings is 1. The van der Waals surface area contributed by atoms with Gasteiger partial charge >= 0.3 is 0 Å². The van der Waals surface area contributed by atoms with E-state index in [0.29, 0.717) is 13.1 Å². The van der Waals surface area contributed by atoms with Crippen molar-refractivity contribution in [3.8, 4) is 10.9 Å². The molecule has 6 nitrogen and oxygen atoms in total. The molecule has 0 atom stereocenters. The third kappa shape index (κ3) is 3.41. The van der Waals surface area contributed by atoms with E-state index in [1.165, 1.54) is 0 Å². The van der Waals surface area contributed by atoms with Crippen molar-refractivity contribution >= 4 is 33.1 Å². The number of thiazole rings is 1. The maximum atomic E-state index is 13.1. The van der Waals surface area contributed by atoms with Crippen LogP contribution in [-0.4, -0.2) is 53.6 Å². The number of ether oxygens (including phenoxy) is 1. The van der Waals surface area contributed by atoms with Crippen molar-refractivity contribution in [1.29, 1.82) is 0 Å². The number of rotatable bonds is 4. The number of para-hydroxylation sites is 2. The molecule has 0 saturated carbocycles. The first-order valence-electron chi connectivity index (χ1n) is 9.94. The lowest BCUT2D eigenvalue weighted by Crippen LogP contribution is -2.48. The summed E-state index contributed by atoms with van der Waals surface area (Å²) in [5, 5.41) is 0.907. The summed E-state index contributed by atoms with van der Waals surface area (Å²) in [4.78, 5) is 22.0. The molecule has 2 aromatic carbocycles. The first-order valence-corrected chi connectivity index (χ1v) is 10.8. The SMILES string of the molecule is COc1ccccc1N1CCN(C(=O)c2ccc3nc(-n4cccc4)sc3c2)CC1. The van der Waals surface area contributed by atoms with E-state index in [-0.39, 0.29) is 5.91 Å². The van der Waals surface area contributed by atoms with Crippen LogP contribution in [0.4, 0.5) is 5.69 Å². The molecule has 0 N–H and O–H groups in total. The first-order chi connectivity index (χ1) is 14.7. The Labute approximate surface area is 178 Å². The largest absolute Gasteiger partial charge is 0.495 e. The minimum absolute atomic E-state index is 0.0764. The van der Waals surface area contributed by atoms with Gasteiger partial charge in [-0.25, -0.2) is 4.98 Å². The van der Waals surface area contributed by atoms with Crippen molar-refractivity contribution < 1.29 is 9.53 Å². The van der Waals surface area contributed by atoms with E-state index in [2.05, 4.69) is 16.0 Å². The predicted octanol–water partition coefficient (Wildman–Crippen LogP) is 4.06. The Hall–Kier alpha value is -3.32. The number of anilines is 1. The summed E-state index contributed by atoms with van der Waals surface area (Å²) in [5.74, 6) is 0.943. The van der Waals surface area contributed by atoms with Gasteiger partial charge in [0.1, 0.15) is 5.75 Å². The van der Waals surface area contributed by atoms with Gasteiger partial charge in [0.25, 0.3) is 5.91 Å². The molecule has 30 heavy (non-hydrogen) atoms. The molecule has 0 unspecified atom stereocenters. The lowest BCUT2D eigenvalue weighted by molar-refractivity contribution is 0.0747. The van der Waals surface area contributed by atoms with Crippen molar-refractivity contribution in [2.45, 2.75) is 0 Å². The van der Waals surface area contributed by atoms with Gasteiger partial charge in [0.15, 0.2) is 5.13 Å². The second-order valence-corrected chi connectivity index (χ2v) is 8.23. The molecule has 4 aromatic rings. The number of methoxy groups -OCH3 is 1. The van der Waals surface area contributed by atoms with Gasteiger partial charge in [-0.2, -0.15) is 0 Å². The van der Waals surface area contributed by atoms with Crippen LogP contribution in [-0.2, 0) is 0 Å². The van der Waals surface area contributed by atoms with Gasteiger partial charge in [-0.15, -0.1) is 0 Å². The van der Waals surface area contributed by atoms with Gasteiger partial charge in [-0.3, -0.25) is 4.79 Å². The Balaban J connectivity index is 1.31. The van der Waals surface area contributed by atoms with Crippen LogP contribution >= 0.6 is 11.3 Å². The van der Waals surface area contributed by atoms with E-state index in [9.17, 15) is 4.79 Å². The molecule has 1 aliphatic heterocycles. The fourth-order valence-corrected chi connectivity index (χ4v) is 4.81. The van der Waals surface area contributed by atoms with E-state index in [4.69, 9.17) is 4.74 Å². The third-order valence-electron chi connectivity index (χ3n) is 5.44. The Kier molecular flexibility index (Phi) is 4.88. The topological polar surface area (TPSA) is 50.6 Å². The number of hydrogen-bond acceptors (Lipinski definition) is 5. The molecule has 152 valence electrons. The van der Waals surface area contributed by atoms with Crippen LogP contribution in [0.5, 0.6) is 5.75 Å². The predicted molar refractivity (Wildman–Crippen MR) is 120 cm³/mol. The summed E-state index contributed by atoms with van der Waals surface area (Å²) < 4.78 is 8.50. The van der Waals surface area contributed by atoms with E-state index < -0.39 is 0 Å². The number of carbonyl (C=O) groups is 1. The normalized spacial score (nSPS) is 14.3. The molecule has 1 aliphatic rings. The average molecular weight is 419 g/mol. The smallest absolute Gasteiger partial charge is 0.254 e. The Morgan fingerprint density at radius 2 is 1.77 bits per heavy atom. The molecule has 0 bridgehead atoms. The zero-order valence-electron chi connectivity index (χ0n) is 16.7. The van der Waals surface area contributed by atoms with Crippen LogP contribution in [0.2, 0.25) is 0 Å². The van der Waals surface area contributed by atoms with Gasteiger partial charge in [-0.1, -0.05) is 23.5 Å². The molecule has 7 heteroatoms. The van der Waals surface area contributed by atoms with Crippen LogP contribution in [0.15, 0.2) is 67.0 Å². The van der Waals surface area contributed by atoms with Crippen LogP contribution in [0, 0.1) is 0 Å². The molecule has 1 saturated heterocycles. The molecular weight excluding hydrogens is 396 g/mol. The van der Waals surface area contributed by atoms with Gasteiger partial charge < -0.3 is 19.1 Å². The van der Waals surface area contributed by atoms with Crippen LogP contribution in [0.3, 0.4) is 0 Å². The molecule has 2 aromatic heterocycles. The van der Waals surface area contributed by atoms with Gasteiger partial charge in [0, 0.05) is 44.1 Å². The molecule has 0 spiro atoms. The maximum Gasteiger partial charge on any atom is 0.254 e. The second kappa shape index (κ2) is 7.84.